The van der Waals surface area contributed by atoms with E-state index >= 15 is 0 Å². The van der Waals surface area contributed by atoms with Gasteiger partial charge in [-0.3, -0.25) is 0 Å². The maximum Gasteiger partial charge on any atom is 0.573 e. The number of alkyl halides is 3. The molecule has 0 radical (unpaired) electrons. The van der Waals surface area contributed by atoms with Crippen LogP contribution < -0.4 is 10.1 Å². The van der Waals surface area contributed by atoms with E-state index in [1.165, 1.54) is 18.2 Å². The summed E-state index contributed by atoms with van der Waals surface area (Å²) in [5.74, 6) is 0.490. The highest BCUT2D eigenvalue weighted by Gasteiger charge is 2.32. The SMILES string of the molecule is CCn1ccnc1CNc1ccccc1OC(F)(F)F. The van der Waals surface area contributed by atoms with Crippen molar-refractivity contribution in [1.82, 2.24) is 9.55 Å². The number of benzene rings is 1. The predicted octanol–water partition coefficient (Wildman–Crippen LogP) is 3.41. The van der Waals surface area contributed by atoms with Crippen LogP contribution in [0.5, 0.6) is 5.75 Å². The van der Waals surface area contributed by atoms with Gasteiger partial charge in [-0.1, -0.05) is 12.1 Å². The number of imidazole rings is 1. The van der Waals surface area contributed by atoms with Crippen LogP contribution in [-0.2, 0) is 13.1 Å². The minimum Gasteiger partial charge on any atom is -0.404 e. The summed E-state index contributed by atoms with van der Waals surface area (Å²) in [5.41, 5.74) is 0.274. The zero-order valence-electron chi connectivity index (χ0n) is 10.8. The van der Waals surface area contributed by atoms with Gasteiger partial charge in [0.1, 0.15) is 5.82 Å². The van der Waals surface area contributed by atoms with Gasteiger partial charge in [-0.15, -0.1) is 13.2 Å². The van der Waals surface area contributed by atoms with E-state index < -0.39 is 6.36 Å². The maximum atomic E-state index is 12.3. The number of hydrogen-bond donors (Lipinski definition) is 1. The van der Waals surface area contributed by atoms with E-state index in [1.807, 2.05) is 17.7 Å². The molecule has 0 spiro atoms. The predicted molar refractivity (Wildman–Crippen MR) is 68.4 cm³/mol. The van der Waals surface area contributed by atoms with E-state index in [1.54, 1.807) is 12.3 Å². The fourth-order valence-corrected chi connectivity index (χ4v) is 1.80. The molecule has 0 fully saturated rings. The molecule has 0 saturated carbocycles. The number of para-hydroxylation sites is 2. The lowest BCUT2D eigenvalue weighted by Gasteiger charge is -2.14. The average Bonchev–Trinajstić information content (AvgIpc) is 2.83. The Morgan fingerprint density at radius 1 is 1.30 bits per heavy atom. The number of aryl methyl sites for hydroxylation is 1. The van der Waals surface area contributed by atoms with E-state index in [9.17, 15) is 13.2 Å². The number of anilines is 1. The normalized spacial score (nSPS) is 11.4. The smallest absolute Gasteiger partial charge is 0.404 e. The Kier molecular flexibility index (Phi) is 4.16. The van der Waals surface area contributed by atoms with Crippen LogP contribution in [0.25, 0.3) is 0 Å². The van der Waals surface area contributed by atoms with Crippen LogP contribution in [0.1, 0.15) is 12.7 Å². The first-order valence-corrected chi connectivity index (χ1v) is 6.08. The van der Waals surface area contributed by atoms with Gasteiger partial charge in [0.2, 0.25) is 0 Å². The third-order valence-corrected chi connectivity index (χ3v) is 2.69. The fraction of sp³-hybridized carbons (Fsp3) is 0.308. The molecular formula is C13H14F3N3O. The monoisotopic (exact) mass is 285 g/mol. The lowest BCUT2D eigenvalue weighted by Crippen LogP contribution is -2.18. The summed E-state index contributed by atoms with van der Waals surface area (Å²) in [5, 5.41) is 2.90. The van der Waals surface area contributed by atoms with Crippen molar-refractivity contribution in [2.45, 2.75) is 26.4 Å². The van der Waals surface area contributed by atoms with Gasteiger partial charge < -0.3 is 14.6 Å². The number of ether oxygens (including phenoxy) is 1. The molecule has 1 aromatic heterocycles. The largest absolute Gasteiger partial charge is 0.573 e. The van der Waals surface area contributed by atoms with Gasteiger partial charge in [0.25, 0.3) is 0 Å². The highest BCUT2D eigenvalue weighted by molar-refractivity contribution is 5.56. The van der Waals surface area contributed by atoms with Crippen LogP contribution in [0.3, 0.4) is 0 Å². The molecule has 2 rings (SSSR count). The topological polar surface area (TPSA) is 39.1 Å². The summed E-state index contributed by atoms with van der Waals surface area (Å²) in [6.07, 6.45) is -1.24. The van der Waals surface area contributed by atoms with Crippen molar-refractivity contribution < 1.29 is 17.9 Å². The van der Waals surface area contributed by atoms with Crippen molar-refractivity contribution in [3.05, 3.63) is 42.5 Å². The van der Waals surface area contributed by atoms with Gasteiger partial charge in [0.05, 0.1) is 12.2 Å². The minimum absolute atomic E-state index is 0.255. The van der Waals surface area contributed by atoms with Gasteiger partial charge in [0.15, 0.2) is 5.75 Å². The maximum absolute atomic E-state index is 12.3. The molecule has 0 unspecified atom stereocenters. The Balaban J connectivity index is 2.10. The molecule has 0 amide bonds. The molecule has 108 valence electrons. The molecule has 20 heavy (non-hydrogen) atoms. The molecule has 0 aliphatic carbocycles. The third kappa shape index (κ3) is 3.66. The van der Waals surface area contributed by atoms with Gasteiger partial charge in [-0.2, -0.15) is 0 Å². The van der Waals surface area contributed by atoms with Crippen molar-refractivity contribution in [2.75, 3.05) is 5.32 Å². The Morgan fingerprint density at radius 2 is 2.05 bits per heavy atom. The highest BCUT2D eigenvalue weighted by Crippen LogP contribution is 2.30. The standard InChI is InChI=1S/C13H14F3N3O/c1-2-19-8-7-17-12(19)9-18-10-5-3-4-6-11(10)20-13(14,15)16/h3-8,18H,2,9H2,1H3. The molecule has 2 aromatic rings. The molecule has 0 atom stereocenters. The number of halogens is 3. The molecule has 1 heterocycles. The van der Waals surface area contributed by atoms with Crippen LogP contribution in [0.2, 0.25) is 0 Å². The van der Waals surface area contributed by atoms with Crippen molar-refractivity contribution in [3.63, 3.8) is 0 Å². The molecule has 7 heteroatoms. The van der Waals surface area contributed by atoms with E-state index in [-0.39, 0.29) is 11.4 Å². The van der Waals surface area contributed by atoms with Crippen molar-refractivity contribution in [3.8, 4) is 5.75 Å². The zero-order chi connectivity index (χ0) is 14.6. The Morgan fingerprint density at radius 3 is 2.75 bits per heavy atom. The molecule has 4 nitrogen and oxygen atoms in total. The van der Waals surface area contributed by atoms with Gasteiger partial charge in [-0.05, 0) is 19.1 Å². The minimum atomic E-state index is -4.71. The summed E-state index contributed by atoms with van der Waals surface area (Å²) in [6, 6.07) is 5.92. The van der Waals surface area contributed by atoms with Crippen LogP contribution in [-0.4, -0.2) is 15.9 Å². The summed E-state index contributed by atoms with van der Waals surface area (Å²) < 4.78 is 42.7. The van der Waals surface area contributed by atoms with Crippen LogP contribution >= 0.6 is 0 Å². The first kappa shape index (κ1) is 14.2. The summed E-state index contributed by atoms with van der Waals surface area (Å²) in [7, 11) is 0. The van der Waals surface area contributed by atoms with Gasteiger partial charge in [-0.25, -0.2) is 4.98 Å². The number of aromatic nitrogens is 2. The van der Waals surface area contributed by atoms with E-state index in [0.29, 0.717) is 6.54 Å². The first-order valence-electron chi connectivity index (χ1n) is 6.08. The Labute approximate surface area is 114 Å². The van der Waals surface area contributed by atoms with Crippen LogP contribution in [0, 0.1) is 0 Å². The van der Waals surface area contributed by atoms with Crippen LogP contribution in [0.4, 0.5) is 18.9 Å². The first-order chi connectivity index (χ1) is 9.49. The number of nitrogens with zero attached hydrogens (tertiary/aromatic N) is 2. The molecule has 1 N–H and O–H groups in total. The zero-order valence-corrected chi connectivity index (χ0v) is 10.8. The lowest BCUT2D eigenvalue weighted by molar-refractivity contribution is -0.274. The second-order valence-electron chi connectivity index (χ2n) is 4.03. The summed E-state index contributed by atoms with van der Waals surface area (Å²) >= 11 is 0. The van der Waals surface area contributed by atoms with Crippen molar-refractivity contribution >= 4 is 5.69 Å². The quantitative estimate of drug-likeness (QED) is 0.915. The molecule has 0 aliphatic heterocycles. The molecule has 0 aliphatic rings. The number of nitrogens with one attached hydrogen (secondary N) is 1. The van der Waals surface area contributed by atoms with E-state index in [2.05, 4.69) is 15.0 Å². The number of hydrogen-bond acceptors (Lipinski definition) is 3. The fourth-order valence-electron chi connectivity index (χ4n) is 1.80. The lowest BCUT2D eigenvalue weighted by atomic mass is 10.3. The molecule has 0 bridgehead atoms. The Hall–Kier alpha value is -2.18. The summed E-state index contributed by atoms with van der Waals surface area (Å²) in [4.78, 5) is 4.14. The van der Waals surface area contributed by atoms with E-state index in [4.69, 9.17) is 0 Å². The second-order valence-corrected chi connectivity index (χ2v) is 4.03. The van der Waals surface area contributed by atoms with Crippen molar-refractivity contribution in [1.29, 1.82) is 0 Å². The third-order valence-electron chi connectivity index (χ3n) is 2.69. The number of rotatable bonds is 5. The average molecular weight is 285 g/mol. The van der Waals surface area contributed by atoms with E-state index in [0.717, 1.165) is 12.4 Å². The van der Waals surface area contributed by atoms with Gasteiger partial charge in [0, 0.05) is 18.9 Å². The second kappa shape index (κ2) is 5.85. The Bertz CT molecular complexity index is 566. The summed E-state index contributed by atoms with van der Waals surface area (Å²) in [6.45, 7) is 3.03. The van der Waals surface area contributed by atoms with Crippen LogP contribution in [0.15, 0.2) is 36.7 Å². The molecular weight excluding hydrogens is 271 g/mol. The molecule has 0 saturated heterocycles. The molecule has 1 aromatic carbocycles. The van der Waals surface area contributed by atoms with Gasteiger partial charge >= 0.3 is 6.36 Å². The highest BCUT2D eigenvalue weighted by atomic mass is 19.4. The van der Waals surface area contributed by atoms with Crippen molar-refractivity contribution in [2.24, 2.45) is 0 Å².